The van der Waals surface area contributed by atoms with Crippen molar-refractivity contribution in [1.82, 2.24) is 29.9 Å². The number of nitrogens with zero attached hydrogens (tertiary/aromatic N) is 7. The van der Waals surface area contributed by atoms with Crippen molar-refractivity contribution in [3.05, 3.63) is 72.3 Å². The predicted octanol–water partition coefficient (Wildman–Crippen LogP) is 2.85. The number of anilines is 1. The fourth-order valence-corrected chi connectivity index (χ4v) is 4.65. The van der Waals surface area contributed by atoms with E-state index >= 15 is 0 Å². The summed E-state index contributed by atoms with van der Waals surface area (Å²) in [4.78, 5) is 25.6. The minimum atomic E-state index is -0.283. The quantitative estimate of drug-likeness (QED) is 0.321. The number of amides is 1. The smallest absolute Gasteiger partial charge is 0.233 e. The molecule has 2 aromatic heterocycles. The summed E-state index contributed by atoms with van der Waals surface area (Å²) in [6.07, 6.45) is 1.46. The molecule has 2 aromatic carbocycles. The van der Waals surface area contributed by atoms with Crippen LogP contribution >= 0.6 is 11.8 Å². The number of hydrogen-bond acceptors (Lipinski definition) is 7. The van der Waals surface area contributed by atoms with Gasteiger partial charge in [-0.1, -0.05) is 47.3 Å². The van der Waals surface area contributed by atoms with E-state index in [1.165, 1.54) is 35.9 Å². The molecule has 1 fully saturated rings. The third kappa shape index (κ3) is 4.80. The minimum Gasteiger partial charge on any atom is -0.368 e. The highest BCUT2D eigenvalue weighted by Gasteiger charge is 2.22. The molecule has 1 aliphatic rings. The molecular weight excluding hydrogens is 441 g/mol. The Bertz CT molecular complexity index is 1240. The van der Waals surface area contributed by atoms with Crippen LogP contribution in [0.5, 0.6) is 0 Å². The zero-order chi connectivity index (χ0) is 22.6. The molecular formula is C23H22FN7OS. The first kappa shape index (κ1) is 21.3. The Kier molecular flexibility index (Phi) is 6.16. The van der Waals surface area contributed by atoms with Gasteiger partial charge in [0, 0.05) is 31.9 Å². The summed E-state index contributed by atoms with van der Waals surface area (Å²) >= 11 is 1.35. The number of para-hydroxylation sites is 1. The highest BCUT2D eigenvalue weighted by atomic mass is 32.2. The van der Waals surface area contributed by atoms with E-state index in [1.807, 2.05) is 23.1 Å². The number of fused-ring (bicyclic) bond motifs is 1. The Labute approximate surface area is 194 Å². The highest BCUT2D eigenvalue weighted by molar-refractivity contribution is 8.00. The molecule has 1 saturated heterocycles. The Morgan fingerprint density at radius 2 is 1.73 bits per heavy atom. The lowest BCUT2D eigenvalue weighted by Gasteiger charge is -2.36. The molecule has 0 atom stereocenters. The van der Waals surface area contributed by atoms with Crippen LogP contribution in [-0.2, 0) is 11.3 Å². The summed E-state index contributed by atoms with van der Waals surface area (Å²) in [5.41, 5.74) is 3.22. The van der Waals surface area contributed by atoms with Crippen molar-refractivity contribution in [2.45, 2.75) is 11.6 Å². The maximum absolute atomic E-state index is 13.2. The van der Waals surface area contributed by atoms with E-state index in [9.17, 15) is 9.18 Å². The van der Waals surface area contributed by atoms with Gasteiger partial charge in [-0.15, -0.1) is 5.10 Å². The van der Waals surface area contributed by atoms with E-state index < -0.39 is 0 Å². The van der Waals surface area contributed by atoms with Crippen molar-refractivity contribution in [2.24, 2.45) is 0 Å². The largest absolute Gasteiger partial charge is 0.368 e. The highest BCUT2D eigenvalue weighted by Crippen LogP contribution is 2.24. The van der Waals surface area contributed by atoms with Gasteiger partial charge in [-0.2, -0.15) is 0 Å². The van der Waals surface area contributed by atoms with E-state index in [-0.39, 0.29) is 17.5 Å². The molecule has 0 radical (unpaired) electrons. The molecule has 5 rings (SSSR count). The van der Waals surface area contributed by atoms with Gasteiger partial charge < -0.3 is 9.80 Å². The predicted molar refractivity (Wildman–Crippen MR) is 125 cm³/mol. The van der Waals surface area contributed by atoms with Gasteiger partial charge in [0.2, 0.25) is 5.91 Å². The molecule has 4 aromatic rings. The normalized spacial score (nSPS) is 14.1. The van der Waals surface area contributed by atoms with E-state index in [4.69, 9.17) is 0 Å². The topological polar surface area (TPSA) is 80.0 Å². The van der Waals surface area contributed by atoms with Gasteiger partial charge in [0.25, 0.3) is 0 Å². The summed E-state index contributed by atoms with van der Waals surface area (Å²) in [7, 11) is 0. The van der Waals surface area contributed by atoms with Crippen LogP contribution in [0.3, 0.4) is 0 Å². The first-order chi connectivity index (χ1) is 16.2. The zero-order valence-electron chi connectivity index (χ0n) is 17.8. The minimum absolute atomic E-state index is 0.0816. The molecule has 0 saturated carbocycles. The van der Waals surface area contributed by atoms with Crippen molar-refractivity contribution in [3.63, 3.8) is 0 Å². The number of carbonyl (C=O) groups is 1. The Hall–Kier alpha value is -3.53. The van der Waals surface area contributed by atoms with Crippen molar-refractivity contribution in [3.8, 4) is 0 Å². The average Bonchev–Trinajstić information content (AvgIpc) is 3.28. The van der Waals surface area contributed by atoms with E-state index in [0.717, 1.165) is 18.7 Å². The lowest BCUT2D eigenvalue weighted by molar-refractivity contribution is -0.128. The summed E-state index contributed by atoms with van der Waals surface area (Å²) in [5.74, 6) is 0.0787. The van der Waals surface area contributed by atoms with Gasteiger partial charge in [-0.05, 0) is 29.8 Å². The monoisotopic (exact) mass is 463 g/mol. The maximum Gasteiger partial charge on any atom is 0.233 e. The molecule has 0 N–H and O–H groups in total. The van der Waals surface area contributed by atoms with Crippen LogP contribution in [0.15, 0.2) is 66.0 Å². The molecule has 0 spiro atoms. The lowest BCUT2D eigenvalue weighted by atomic mass is 10.2. The van der Waals surface area contributed by atoms with Crippen LogP contribution in [-0.4, -0.2) is 67.7 Å². The molecule has 0 unspecified atom stereocenters. The molecule has 3 heterocycles. The van der Waals surface area contributed by atoms with Gasteiger partial charge in [0.15, 0.2) is 11.2 Å². The Balaban J connectivity index is 1.20. The maximum atomic E-state index is 13.2. The Morgan fingerprint density at radius 3 is 2.48 bits per heavy atom. The van der Waals surface area contributed by atoms with Gasteiger partial charge in [-0.25, -0.2) is 19.0 Å². The second-order valence-electron chi connectivity index (χ2n) is 7.72. The van der Waals surface area contributed by atoms with Crippen LogP contribution in [0.2, 0.25) is 0 Å². The first-order valence-electron chi connectivity index (χ1n) is 10.7. The van der Waals surface area contributed by atoms with Gasteiger partial charge in [0.1, 0.15) is 17.2 Å². The van der Waals surface area contributed by atoms with Gasteiger partial charge in [0.05, 0.1) is 12.3 Å². The van der Waals surface area contributed by atoms with Crippen molar-refractivity contribution >= 4 is 34.5 Å². The first-order valence-corrected chi connectivity index (χ1v) is 11.6. The lowest BCUT2D eigenvalue weighted by Crippen LogP contribution is -2.49. The number of carbonyl (C=O) groups excluding carboxylic acids is 1. The molecule has 33 heavy (non-hydrogen) atoms. The zero-order valence-corrected chi connectivity index (χ0v) is 18.7. The molecule has 0 bridgehead atoms. The number of benzene rings is 2. The van der Waals surface area contributed by atoms with Crippen molar-refractivity contribution in [1.29, 1.82) is 0 Å². The third-order valence-electron chi connectivity index (χ3n) is 5.60. The second kappa shape index (κ2) is 9.53. The molecule has 10 heteroatoms. The van der Waals surface area contributed by atoms with Gasteiger partial charge in [-0.3, -0.25) is 4.79 Å². The van der Waals surface area contributed by atoms with Gasteiger partial charge >= 0.3 is 0 Å². The Morgan fingerprint density at radius 1 is 0.970 bits per heavy atom. The number of aromatic nitrogens is 5. The number of rotatable bonds is 6. The number of hydrogen-bond donors (Lipinski definition) is 0. The summed E-state index contributed by atoms with van der Waals surface area (Å²) < 4.78 is 14.8. The summed E-state index contributed by atoms with van der Waals surface area (Å²) in [6, 6.07) is 16.5. The summed E-state index contributed by atoms with van der Waals surface area (Å²) in [5, 5.41) is 9.04. The standard InChI is InChI=1S/C23H22FN7OS/c24-18-8-6-17(7-9-18)14-31-22-21(27-28-31)23(26-16-25-22)33-15-20(32)30-12-10-29(11-13-30)19-4-2-1-3-5-19/h1-9,16H,10-15H2. The van der Waals surface area contributed by atoms with Crippen LogP contribution in [0.25, 0.3) is 11.2 Å². The molecule has 0 aliphatic carbocycles. The molecule has 1 amide bonds. The second-order valence-corrected chi connectivity index (χ2v) is 8.68. The van der Waals surface area contributed by atoms with E-state index in [0.29, 0.717) is 35.8 Å². The fourth-order valence-electron chi connectivity index (χ4n) is 3.82. The summed E-state index contributed by atoms with van der Waals surface area (Å²) in [6.45, 7) is 3.44. The SMILES string of the molecule is O=C(CSc1ncnc2c1nnn2Cc1ccc(F)cc1)N1CCN(c2ccccc2)CC1. The van der Waals surface area contributed by atoms with Crippen LogP contribution in [0.4, 0.5) is 10.1 Å². The van der Waals surface area contributed by atoms with Crippen molar-refractivity contribution < 1.29 is 9.18 Å². The van der Waals surface area contributed by atoms with E-state index in [2.05, 4.69) is 37.3 Å². The number of thioether (sulfide) groups is 1. The molecule has 8 nitrogen and oxygen atoms in total. The number of piperazine rings is 1. The molecule has 1 aliphatic heterocycles. The average molecular weight is 464 g/mol. The van der Waals surface area contributed by atoms with Crippen molar-refractivity contribution in [2.75, 3.05) is 36.8 Å². The fraction of sp³-hybridized carbons (Fsp3) is 0.261. The van der Waals surface area contributed by atoms with Crippen LogP contribution in [0, 0.1) is 5.82 Å². The van der Waals surface area contributed by atoms with Crippen LogP contribution < -0.4 is 4.90 Å². The van der Waals surface area contributed by atoms with Crippen LogP contribution in [0.1, 0.15) is 5.56 Å². The molecule has 168 valence electrons. The third-order valence-corrected chi connectivity index (χ3v) is 6.56. The number of halogens is 1. The van der Waals surface area contributed by atoms with E-state index in [1.54, 1.807) is 16.8 Å².